The molecule has 0 aliphatic heterocycles. The Morgan fingerprint density at radius 2 is 2.15 bits per heavy atom. The summed E-state index contributed by atoms with van der Waals surface area (Å²) in [6.45, 7) is 3.99. The number of rotatable bonds is 7. The second-order valence-electron chi connectivity index (χ2n) is 4.50. The van der Waals surface area contributed by atoms with Crippen LogP contribution in [0.3, 0.4) is 0 Å². The van der Waals surface area contributed by atoms with Crippen LogP contribution in [0, 0.1) is 10.1 Å². The number of nitrogen functional groups attached to an aromatic ring is 1. The number of nitro groups is 1. The molecule has 7 nitrogen and oxygen atoms in total. The monoisotopic (exact) mass is 280 g/mol. The molecule has 0 fully saturated rings. The van der Waals surface area contributed by atoms with Crippen LogP contribution in [0.1, 0.15) is 43.5 Å². The number of carbonyl (C=O) groups excluding carboxylic acids is 1. The first-order chi connectivity index (χ1) is 9.53. The van der Waals surface area contributed by atoms with Gasteiger partial charge < -0.3 is 10.7 Å². The van der Waals surface area contributed by atoms with E-state index in [1.54, 1.807) is 0 Å². The lowest BCUT2D eigenvalue weighted by Gasteiger charge is -2.16. The maximum Gasteiger partial charge on any atom is 0.282 e. The fourth-order valence-corrected chi connectivity index (χ4v) is 1.96. The lowest BCUT2D eigenvalue weighted by atomic mass is 10.1. The maximum absolute atomic E-state index is 12.2. The van der Waals surface area contributed by atoms with Crippen molar-refractivity contribution in [2.45, 2.75) is 39.2 Å². The maximum atomic E-state index is 12.2. The van der Waals surface area contributed by atoms with Crippen LogP contribution in [-0.2, 0) is 0 Å². The van der Waals surface area contributed by atoms with Crippen LogP contribution in [0.4, 0.5) is 11.4 Å². The molecule has 1 aromatic rings. The standard InChI is InChI=1S/C13H20N4O3/c1-3-5-9(4-2)15-13(18)11-8-10(16-14)6-7-12(11)17(19)20/h6-9,16H,3-5,14H2,1-2H3,(H,15,18). The fraction of sp³-hybridized carbons (Fsp3) is 0.462. The van der Waals surface area contributed by atoms with Crippen LogP contribution in [0.15, 0.2) is 18.2 Å². The summed E-state index contributed by atoms with van der Waals surface area (Å²) in [6.07, 6.45) is 2.55. The molecular weight excluding hydrogens is 260 g/mol. The van der Waals surface area contributed by atoms with E-state index in [4.69, 9.17) is 5.84 Å². The van der Waals surface area contributed by atoms with Crippen LogP contribution in [0.5, 0.6) is 0 Å². The van der Waals surface area contributed by atoms with E-state index in [1.807, 2.05) is 13.8 Å². The first-order valence-corrected chi connectivity index (χ1v) is 6.59. The highest BCUT2D eigenvalue weighted by Gasteiger charge is 2.22. The highest BCUT2D eigenvalue weighted by Crippen LogP contribution is 2.22. The minimum Gasteiger partial charge on any atom is -0.349 e. The summed E-state index contributed by atoms with van der Waals surface area (Å²) in [5.41, 5.74) is 2.61. The number of nitrogens with two attached hydrogens (primary N) is 1. The Morgan fingerprint density at radius 3 is 2.65 bits per heavy atom. The average Bonchev–Trinajstić information content (AvgIpc) is 2.45. The highest BCUT2D eigenvalue weighted by atomic mass is 16.6. The zero-order chi connectivity index (χ0) is 15.1. The molecule has 0 saturated carbocycles. The van der Waals surface area contributed by atoms with Crippen LogP contribution in [0.2, 0.25) is 0 Å². The average molecular weight is 280 g/mol. The summed E-state index contributed by atoms with van der Waals surface area (Å²) < 4.78 is 0. The van der Waals surface area contributed by atoms with Gasteiger partial charge in [0, 0.05) is 17.8 Å². The third-order valence-corrected chi connectivity index (χ3v) is 3.07. The summed E-state index contributed by atoms with van der Waals surface area (Å²) in [7, 11) is 0. The molecule has 0 heterocycles. The summed E-state index contributed by atoms with van der Waals surface area (Å²) in [4.78, 5) is 22.6. The smallest absolute Gasteiger partial charge is 0.282 e. The molecule has 1 rings (SSSR count). The quantitative estimate of drug-likeness (QED) is 0.403. The van der Waals surface area contributed by atoms with Gasteiger partial charge in [0.25, 0.3) is 11.6 Å². The predicted octanol–water partition coefficient (Wildman–Crippen LogP) is 2.19. The van der Waals surface area contributed by atoms with Crippen molar-refractivity contribution in [2.24, 2.45) is 5.84 Å². The SMILES string of the molecule is CCCC(CC)NC(=O)c1cc(NN)ccc1[N+](=O)[O-]. The number of hydrogen-bond acceptors (Lipinski definition) is 5. The Morgan fingerprint density at radius 1 is 1.45 bits per heavy atom. The molecule has 0 aliphatic carbocycles. The minimum atomic E-state index is -0.573. The lowest BCUT2D eigenvalue weighted by Crippen LogP contribution is -2.34. The second kappa shape index (κ2) is 7.44. The first kappa shape index (κ1) is 15.9. The molecule has 20 heavy (non-hydrogen) atoms. The Hall–Kier alpha value is -2.15. The van der Waals surface area contributed by atoms with Crippen LogP contribution in [-0.4, -0.2) is 16.9 Å². The second-order valence-corrected chi connectivity index (χ2v) is 4.50. The molecule has 1 aromatic carbocycles. The lowest BCUT2D eigenvalue weighted by molar-refractivity contribution is -0.385. The van der Waals surface area contributed by atoms with Crippen molar-refractivity contribution < 1.29 is 9.72 Å². The van der Waals surface area contributed by atoms with E-state index in [9.17, 15) is 14.9 Å². The normalized spacial score (nSPS) is 11.8. The van der Waals surface area contributed by atoms with E-state index in [0.717, 1.165) is 19.3 Å². The summed E-state index contributed by atoms with van der Waals surface area (Å²) in [6, 6.07) is 4.12. The third-order valence-electron chi connectivity index (χ3n) is 3.07. The Labute approximate surface area is 117 Å². The van der Waals surface area contributed by atoms with Crippen molar-refractivity contribution in [3.05, 3.63) is 33.9 Å². The van der Waals surface area contributed by atoms with Crippen molar-refractivity contribution in [1.82, 2.24) is 5.32 Å². The number of anilines is 1. The topological polar surface area (TPSA) is 110 Å². The van der Waals surface area contributed by atoms with Gasteiger partial charge in [-0.3, -0.25) is 20.8 Å². The Balaban J connectivity index is 3.03. The van der Waals surface area contributed by atoms with E-state index in [1.165, 1.54) is 18.2 Å². The minimum absolute atomic E-state index is 0.0139. The predicted molar refractivity (Wildman–Crippen MR) is 77.4 cm³/mol. The summed E-state index contributed by atoms with van der Waals surface area (Å²) >= 11 is 0. The number of carbonyl (C=O) groups is 1. The molecule has 0 saturated heterocycles. The molecule has 1 amide bonds. The van der Waals surface area contributed by atoms with E-state index in [0.29, 0.717) is 5.69 Å². The van der Waals surface area contributed by atoms with Gasteiger partial charge in [-0.25, -0.2) is 0 Å². The Kier molecular flexibility index (Phi) is 5.92. The van der Waals surface area contributed by atoms with Gasteiger partial charge in [-0.2, -0.15) is 0 Å². The Bertz CT molecular complexity index is 491. The van der Waals surface area contributed by atoms with Gasteiger partial charge >= 0.3 is 0 Å². The number of nitro benzene ring substituents is 1. The highest BCUT2D eigenvalue weighted by molar-refractivity contribution is 5.99. The molecule has 7 heteroatoms. The molecule has 0 spiro atoms. The van der Waals surface area contributed by atoms with Gasteiger partial charge in [0.1, 0.15) is 5.56 Å². The van der Waals surface area contributed by atoms with Gasteiger partial charge in [0.05, 0.1) is 4.92 Å². The van der Waals surface area contributed by atoms with E-state index < -0.39 is 10.8 Å². The molecular formula is C13H20N4O3. The van der Waals surface area contributed by atoms with E-state index >= 15 is 0 Å². The fourth-order valence-electron chi connectivity index (χ4n) is 1.96. The zero-order valence-electron chi connectivity index (χ0n) is 11.7. The molecule has 0 aromatic heterocycles. The number of hydrogen-bond donors (Lipinski definition) is 3. The molecule has 0 radical (unpaired) electrons. The van der Waals surface area contributed by atoms with Crippen LogP contribution < -0.4 is 16.6 Å². The van der Waals surface area contributed by atoms with Gasteiger partial charge in [-0.05, 0) is 25.0 Å². The van der Waals surface area contributed by atoms with Gasteiger partial charge in [-0.1, -0.05) is 20.3 Å². The zero-order valence-corrected chi connectivity index (χ0v) is 11.7. The molecule has 110 valence electrons. The molecule has 0 bridgehead atoms. The number of benzene rings is 1. The summed E-state index contributed by atoms with van der Waals surface area (Å²) in [5, 5.41) is 13.8. The van der Waals surface area contributed by atoms with Crippen molar-refractivity contribution in [1.29, 1.82) is 0 Å². The molecule has 1 atom stereocenters. The van der Waals surface area contributed by atoms with E-state index in [-0.39, 0.29) is 17.3 Å². The number of amides is 1. The molecule has 0 aliphatic rings. The van der Waals surface area contributed by atoms with Crippen LogP contribution in [0.25, 0.3) is 0 Å². The molecule has 4 N–H and O–H groups in total. The largest absolute Gasteiger partial charge is 0.349 e. The molecule has 1 unspecified atom stereocenters. The number of hydrazine groups is 1. The summed E-state index contributed by atoms with van der Waals surface area (Å²) in [5.74, 6) is 4.82. The van der Waals surface area contributed by atoms with Gasteiger partial charge in [0.2, 0.25) is 0 Å². The number of nitrogens with zero attached hydrogens (tertiary/aromatic N) is 1. The third kappa shape index (κ3) is 3.92. The van der Waals surface area contributed by atoms with Gasteiger partial charge in [0.15, 0.2) is 0 Å². The first-order valence-electron chi connectivity index (χ1n) is 6.59. The van der Waals surface area contributed by atoms with E-state index in [2.05, 4.69) is 10.7 Å². The van der Waals surface area contributed by atoms with Crippen molar-refractivity contribution >= 4 is 17.3 Å². The van der Waals surface area contributed by atoms with Crippen molar-refractivity contribution in [3.8, 4) is 0 Å². The number of nitrogens with one attached hydrogen (secondary N) is 2. The van der Waals surface area contributed by atoms with Crippen molar-refractivity contribution in [2.75, 3.05) is 5.43 Å². The van der Waals surface area contributed by atoms with Crippen LogP contribution >= 0.6 is 0 Å². The van der Waals surface area contributed by atoms with Crippen molar-refractivity contribution in [3.63, 3.8) is 0 Å². The van der Waals surface area contributed by atoms with Gasteiger partial charge in [-0.15, -0.1) is 0 Å².